The minimum atomic E-state index is 0.00305. The van der Waals surface area contributed by atoms with Gasteiger partial charge in [0, 0.05) is 31.6 Å². The molecule has 5 nitrogen and oxygen atoms in total. The van der Waals surface area contributed by atoms with Gasteiger partial charge in [-0.05, 0) is 50.6 Å². The van der Waals surface area contributed by atoms with Gasteiger partial charge in [-0.1, -0.05) is 30.3 Å². The Morgan fingerprint density at radius 1 is 1.04 bits per heavy atom. The first-order valence-corrected chi connectivity index (χ1v) is 10.1. The van der Waals surface area contributed by atoms with Gasteiger partial charge >= 0.3 is 0 Å². The monoisotopic (exact) mass is 355 g/mol. The third kappa shape index (κ3) is 3.93. The first-order chi connectivity index (χ1) is 12.7. The van der Waals surface area contributed by atoms with Crippen LogP contribution in [0.25, 0.3) is 0 Å². The average molecular weight is 355 g/mol. The van der Waals surface area contributed by atoms with Gasteiger partial charge in [-0.25, -0.2) is 0 Å². The lowest BCUT2D eigenvalue weighted by molar-refractivity contribution is -0.142. The molecule has 5 heteroatoms. The molecule has 1 aromatic rings. The lowest BCUT2D eigenvalue weighted by Crippen LogP contribution is -2.49. The van der Waals surface area contributed by atoms with Crippen LogP contribution in [0.4, 0.5) is 0 Å². The van der Waals surface area contributed by atoms with Crippen molar-refractivity contribution >= 4 is 11.8 Å². The molecule has 4 rings (SSSR count). The smallest absolute Gasteiger partial charge is 0.239 e. The summed E-state index contributed by atoms with van der Waals surface area (Å²) in [5.41, 5.74) is 1.20. The van der Waals surface area contributed by atoms with Crippen molar-refractivity contribution in [2.75, 3.05) is 19.6 Å². The zero-order valence-corrected chi connectivity index (χ0v) is 15.4. The van der Waals surface area contributed by atoms with Crippen LogP contribution in [-0.2, 0) is 16.1 Å². The summed E-state index contributed by atoms with van der Waals surface area (Å²) in [4.78, 5) is 29.7. The molecule has 1 aromatic carbocycles. The Morgan fingerprint density at radius 3 is 2.38 bits per heavy atom. The van der Waals surface area contributed by atoms with Crippen LogP contribution < -0.4 is 5.32 Å². The minimum Gasteiger partial charge on any atom is -0.341 e. The number of carbonyl (C=O) groups is 2. The van der Waals surface area contributed by atoms with E-state index in [0.717, 1.165) is 64.7 Å². The summed E-state index contributed by atoms with van der Waals surface area (Å²) < 4.78 is 0. The fourth-order valence-electron chi connectivity index (χ4n) is 4.25. The number of hydrogen-bond acceptors (Lipinski definition) is 3. The second kappa shape index (κ2) is 7.78. The normalized spacial score (nSPS) is 23.8. The van der Waals surface area contributed by atoms with E-state index < -0.39 is 0 Å². The lowest BCUT2D eigenvalue weighted by Gasteiger charge is -2.35. The molecule has 2 aliphatic heterocycles. The Hall–Kier alpha value is -1.88. The third-order valence-corrected chi connectivity index (χ3v) is 5.98. The molecule has 26 heavy (non-hydrogen) atoms. The first-order valence-electron chi connectivity index (χ1n) is 10.1. The quantitative estimate of drug-likeness (QED) is 0.881. The Balaban J connectivity index is 1.33. The van der Waals surface area contributed by atoms with E-state index in [4.69, 9.17) is 0 Å². The molecular formula is C21H29N3O2. The number of carbonyl (C=O) groups excluding carboxylic acids is 2. The summed E-state index contributed by atoms with van der Waals surface area (Å²) in [6.07, 6.45) is 5.89. The van der Waals surface area contributed by atoms with Crippen molar-refractivity contribution in [2.24, 2.45) is 5.92 Å². The maximum atomic E-state index is 13.1. The molecule has 1 N–H and O–H groups in total. The van der Waals surface area contributed by atoms with Gasteiger partial charge in [-0.2, -0.15) is 0 Å². The minimum absolute atomic E-state index is 0.00305. The maximum absolute atomic E-state index is 13.1. The molecule has 3 aliphatic rings. The first kappa shape index (κ1) is 17.5. The molecule has 2 saturated heterocycles. The second-order valence-electron chi connectivity index (χ2n) is 7.93. The number of likely N-dealkylation sites (tertiary alicyclic amines) is 1. The van der Waals surface area contributed by atoms with Crippen molar-refractivity contribution in [1.29, 1.82) is 0 Å². The number of hydrogen-bond donors (Lipinski definition) is 1. The highest BCUT2D eigenvalue weighted by atomic mass is 16.2. The van der Waals surface area contributed by atoms with E-state index in [1.54, 1.807) is 0 Å². The molecule has 0 radical (unpaired) electrons. The van der Waals surface area contributed by atoms with Crippen LogP contribution in [0.15, 0.2) is 30.3 Å². The predicted molar refractivity (Wildman–Crippen MR) is 100 cm³/mol. The van der Waals surface area contributed by atoms with E-state index in [1.807, 2.05) is 23.1 Å². The van der Waals surface area contributed by atoms with Crippen molar-refractivity contribution in [3.63, 3.8) is 0 Å². The summed E-state index contributed by atoms with van der Waals surface area (Å²) in [6, 6.07) is 10.7. The van der Waals surface area contributed by atoms with Crippen molar-refractivity contribution in [1.82, 2.24) is 15.1 Å². The van der Waals surface area contributed by atoms with Crippen LogP contribution in [0.5, 0.6) is 0 Å². The maximum Gasteiger partial charge on any atom is 0.239 e. The van der Waals surface area contributed by atoms with E-state index >= 15 is 0 Å². The highest BCUT2D eigenvalue weighted by molar-refractivity contribution is 5.83. The fourth-order valence-corrected chi connectivity index (χ4v) is 4.25. The van der Waals surface area contributed by atoms with Gasteiger partial charge < -0.3 is 15.1 Å². The van der Waals surface area contributed by atoms with Crippen molar-refractivity contribution < 1.29 is 9.59 Å². The molecule has 140 valence electrons. The van der Waals surface area contributed by atoms with Crippen LogP contribution in [0.3, 0.4) is 0 Å². The van der Waals surface area contributed by atoms with Crippen molar-refractivity contribution in [3.8, 4) is 0 Å². The standard InChI is InChI=1S/C21H29N3O2/c25-20(24(18-8-9-18)15-16-5-2-1-3-6-16)17-10-13-23(14-11-17)21(26)19-7-4-12-22-19/h1-3,5-6,17-19,22H,4,7-15H2. The molecule has 3 fully saturated rings. The summed E-state index contributed by atoms with van der Waals surface area (Å²) in [6.45, 7) is 3.10. The third-order valence-electron chi connectivity index (χ3n) is 5.98. The van der Waals surface area contributed by atoms with E-state index in [1.165, 1.54) is 5.56 Å². The number of benzene rings is 1. The molecule has 1 saturated carbocycles. The predicted octanol–water partition coefficient (Wildman–Crippen LogP) is 2.17. The molecular weight excluding hydrogens is 326 g/mol. The Morgan fingerprint density at radius 2 is 1.77 bits per heavy atom. The topological polar surface area (TPSA) is 52.7 Å². The van der Waals surface area contributed by atoms with Gasteiger partial charge in [0.2, 0.25) is 11.8 Å². The zero-order chi connectivity index (χ0) is 17.9. The summed E-state index contributed by atoms with van der Waals surface area (Å²) in [7, 11) is 0. The number of amides is 2. The van der Waals surface area contributed by atoms with Gasteiger partial charge in [0.15, 0.2) is 0 Å². The SMILES string of the molecule is O=C(C1CCCN1)N1CCC(C(=O)N(Cc2ccccc2)C2CC2)CC1. The lowest BCUT2D eigenvalue weighted by atomic mass is 9.94. The summed E-state index contributed by atoms with van der Waals surface area (Å²) >= 11 is 0. The Labute approximate surface area is 155 Å². The summed E-state index contributed by atoms with van der Waals surface area (Å²) in [5, 5.41) is 3.29. The van der Waals surface area contributed by atoms with Gasteiger partial charge in [0.1, 0.15) is 0 Å². The molecule has 0 aromatic heterocycles. The van der Waals surface area contributed by atoms with E-state index in [-0.39, 0.29) is 17.9 Å². The number of nitrogens with zero attached hydrogens (tertiary/aromatic N) is 2. The Kier molecular flexibility index (Phi) is 5.25. The molecule has 2 amide bonds. The molecule has 0 bridgehead atoms. The molecule has 1 aliphatic carbocycles. The van der Waals surface area contributed by atoms with Crippen LogP contribution >= 0.6 is 0 Å². The van der Waals surface area contributed by atoms with E-state index in [2.05, 4.69) is 22.3 Å². The molecule has 2 heterocycles. The number of rotatable bonds is 5. The van der Waals surface area contributed by atoms with Gasteiger partial charge in [-0.3, -0.25) is 9.59 Å². The van der Waals surface area contributed by atoms with Gasteiger partial charge in [-0.15, -0.1) is 0 Å². The van der Waals surface area contributed by atoms with Crippen molar-refractivity contribution in [3.05, 3.63) is 35.9 Å². The van der Waals surface area contributed by atoms with Crippen LogP contribution in [0.1, 0.15) is 44.1 Å². The highest BCUT2D eigenvalue weighted by Gasteiger charge is 2.38. The Bertz CT molecular complexity index is 630. The van der Waals surface area contributed by atoms with E-state index in [0.29, 0.717) is 11.9 Å². The molecule has 1 unspecified atom stereocenters. The van der Waals surface area contributed by atoms with Gasteiger partial charge in [0.05, 0.1) is 6.04 Å². The fraction of sp³-hybridized carbons (Fsp3) is 0.619. The highest BCUT2D eigenvalue weighted by Crippen LogP contribution is 2.32. The van der Waals surface area contributed by atoms with Crippen LogP contribution in [0, 0.1) is 5.92 Å². The molecule has 1 atom stereocenters. The number of nitrogens with one attached hydrogen (secondary N) is 1. The average Bonchev–Trinajstić information content (AvgIpc) is 3.39. The second-order valence-corrected chi connectivity index (χ2v) is 7.93. The van der Waals surface area contributed by atoms with Crippen molar-refractivity contribution in [2.45, 2.75) is 57.2 Å². The van der Waals surface area contributed by atoms with Crippen LogP contribution in [-0.4, -0.2) is 53.3 Å². The number of piperidine rings is 1. The molecule has 0 spiro atoms. The summed E-state index contributed by atoms with van der Waals surface area (Å²) in [5.74, 6) is 0.596. The zero-order valence-electron chi connectivity index (χ0n) is 15.4. The van der Waals surface area contributed by atoms with E-state index in [9.17, 15) is 9.59 Å². The van der Waals surface area contributed by atoms with Gasteiger partial charge in [0.25, 0.3) is 0 Å². The van der Waals surface area contributed by atoms with Crippen LogP contribution in [0.2, 0.25) is 0 Å². The largest absolute Gasteiger partial charge is 0.341 e.